The van der Waals surface area contributed by atoms with E-state index >= 15 is 0 Å². The summed E-state index contributed by atoms with van der Waals surface area (Å²) in [4.78, 5) is 13.9. The highest BCUT2D eigenvalue weighted by Gasteiger charge is 2.48. The predicted octanol–water partition coefficient (Wildman–Crippen LogP) is 5.91. The topological polar surface area (TPSA) is 72.5 Å². The monoisotopic (exact) mass is 533 g/mol. The zero-order valence-corrected chi connectivity index (χ0v) is 24.4. The first-order valence-electron chi connectivity index (χ1n) is 13.2. The van der Waals surface area contributed by atoms with E-state index in [4.69, 9.17) is 4.18 Å². The highest BCUT2D eigenvalue weighted by atomic mass is 32.2. The second-order valence-electron chi connectivity index (χ2n) is 11.3. The second-order valence-corrected chi connectivity index (χ2v) is 12.9. The molecule has 3 aromatic carbocycles. The van der Waals surface area contributed by atoms with Crippen molar-refractivity contribution in [2.75, 3.05) is 6.61 Å². The maximum absolute atomic E-state index is 13.8. The highest BCUT2D eigenvalue weighted by molar-refractivity contribution is 7.86. The average molecular weight is 534 g/mol. The third kappa shape index (κ3) is 5.87. The number of carbonyl (C=O) groups excluding carboxylic acids is 1. The number of aryl methyl sites for hydroxylation is 7. The maximum atomic E-state index is 13.8. The molecular weight excluding hydrogens is 494 g/mol. The molecular formula is C32H39NO4S. The number of hydrogen-bond donors (Lipinski definition) is 1. The molecule has 0 spiro atoms. The Kier molecular flexibility index (Phi) is 7.87. The van der Waals surface area contributed by atoms with Crippen molar-refractivity contribution < 1.29 is 17.4 Å². The van der Waals surface area contributed by atoms with E-state index in [1.807, 2.05) is 6.92 Å². The maximum Gasteiger partial charge on any atom is 0.297 e. The highest BCUT2D eigenvalue weighted by Crippen LogP contribution is 2.41. The number of amides is 1. The van der Waals surface area contributed by atoms with Crippen LogP contribution >= 0.6 is 0 Å². The molecule has 1 N–H and O–H groups in total. The molecule has 1 amide bonds. The van der Waals surface area contributed by atoms with Crippen LogP contribution in [0.15, 0.2) is 53.4 Å². The molecule has 38 heavy (non-hydrogen) atoms. The Bertz CT molecular complexity index is 1370. The second kappa shape index (κ2) is 10.7. The molecule has 5 nitrogen and oxygen atoms in total. The molecule has 1 aliphatic rings. The van der Waals surface area contributed by atoms with Gasteiger partial charge in [0.15, 0.2) is 0 Å². The van der Waals surface area contributed by atoms with Gasteiger partial charge in [-0.3, -0.25) is 8.98 Å². The normalized spacial score (nSPS) is 17.0. The summed E-state index contributed by atoms with van der Waals surface area (Å²) in [6.07, 6.45) is 1.67. The van der Waals surface area contributed by atoms with Crippen LogP contribution in [0, 0.1) is 53.9 Å². The largest absolute Gasteiger partial charge is 0.350 e. The molecule has 0 radical (unpaired) electrons. The van der Waals surface area contributed by atoms with Gasteiger partial charge < -0.3 is 5.32 Å². The van der Waals surface area contributed by atoms with Crippen LogP contribution in [0.2, 0.25) is 0 Å². The Morgan fingerprint density at radius 2 is 1.21 bits per heavy atom. The van der Waals surface area contributed by atoms with Gasteiger partial charge >= 0.3 is 0 Å². The first kappa shape index (κ1) is 28.1. The van der Waals surface area contributed by atoms with Gasteiger partial charge in [-0.15, -0.1) is 0 Å². The smallest absolute Gasteiger partial charge is 0.297 e. The Hall–Kier alpha value is -2.96. The summed E-state index contributed by atoms with van der Waals surface area (Å²) in [5.74, 6) is -0.0439. The summed E-state index contributed by atoms with van der Waals surface area (Å²) in [6.45, 7) is 14.4. The van der Waals surface area contributed by atoms with Crippen LogP contribution in [-0.2, 0) is 31.9 Å². The van der Waals surface area contributed by atoms with Crippen LogP contribution in [0.25, 0.3) is 0 Å². The molecule has 202 valence electrons. The standard InChI is InChI=1S/C32H39NO4S/c1-20-8-10-28(11-9-20)38(35,36)37-19-27-16-32(31(34)33-27,17-29-23(4)12-21(2)13-24(29)5)18-30-25(6)14-22(3)15-26(30)7/h8-15,27H,16-19H2,1-7H3,(H,33,34)/t27-/m0/s1. The van der Waals surface area contributed by atoms with Crippen LogP contribution in [0.1, 0.15) is 56.5 Å². The SMILES string of the molecule is Cc1ccc(S(=O)(=O)OC[C@@H]2CC(Cc3c(C)cc(C)cc3C)(Cc3c(C)cc(C)cc3C)C(=O)N2)cc1. The summed E-state index contributed by atoms with van der Waals surface area (Å²) >= 11 is 0. The summed E-state index contributed by atoms with van der Waals surface area (Å²) in [6, 6.07) is 14.9. The molecule has 3 aromatic rings. The minimum absolute atomic E-state index is 0.0439. The van der Waals surface area contributed by atoms with Crippen molar-refractivity contribution in [1.29, 1.82) is 0 Å². The lowest BCUT2D eigenvalue weighted by atomic mass is 9.71. The van der Waals surface area contributed by atoms with E-state index in [-0.39, 0.29) is 17.4 Å². The molecule has 6 heteroatoms. The van der Waals surface area contributed by atoms with Crippen LogP contribution in [0.3, 0.4) is 0 Å². The molecule has 1 heterocycles. The first-order chi connectivity index (χ1) is 17.8. The first-order valence-corrected chi connectivity index (χ1v) is 14.6. The van der Waals surface area contributed by atoms with Gasteiger partial charge in [-0.05, 0) is 113 Å². The number of carbonyl (C=O) groups is 1. The van der Waals surface area contributed by atoms with Crippen molar-refractivity contribution in [2.24, 2.45) is 5.41 Å². The molecule has 1 saturated heterocycles. The van der Waals surface area contributed by atoms with E-state index < -0.39 is 21.6 Å². The van der Waals surface area contributed by atoms with Crippen molar-refractivity contribution >= 4 is 16.0 Å². The lowest BCUT2D eigenvalue weighted by molar-refractivity contribution is -0.127. The van der Waals surface area contributed by atoms with Gasteiger partial charge in [0, 0.05) is 0 Å². The van der Waals surface area contributed by atoms with E-state index in [1.54, 1.807) is 24.3 Å². The number of nitrogens with one attached hydrogen (secondary N) is 1. The van der Waals surface area contributed by atoms with Gasteiger partial charge in [-0.2, -0.15) is 8.42 Å². The fourth-order valence-electron chi connectivity index (χ4n) is 6.02. The zero-order chi connectivity index (χ0) is 27.8. The third-order valence-corrected chi connectivity index (χ3v) is 9.20. The minimum Gasteiger partial charge on any atom is -0.350 e. The lowest BCUT2D eigenvalue weighted by Gasteiger charge is -2.30. The molecule has 4 rings (SSSR count). The number of rotatable bonds is 8. The summed E-state index contributed by atoms with van der Waals surface area (Å²) in [7, 11) is -3.92. The molecule has 1 fully saturated rings. The van der Waals surface area contributed by atoms with Crippen molar-refractivity contribution in [3.05, 3.63) is 98.6 Å². The van der Waals surface area contributed by atoms with Gasteiger partial charge in [0.2, 0.25) is 5.91 Å². The molecule has 0 aliphatic carbocycles. The summed E-state index contributed by atoms with van der Waals surface area (Å²) in [5, 5.41) is 3.09. The molecule has 0 saturated carbocycles. The van der Waals surface area contributed by atoms with Crippen molar-refractivity contribution in [2.45, 2.75) is 78.7 Å². The number of benzene rings is 3. The van der Waals surface area contributed by atoms with Gasteiger partial charge in [0.25, 0.3) is 10.1 Å². The van der Waals surface area contributed by atoms with Gasteiger partial charge in [-0.1, -0.05) is 53.1 Å². The molecule has 0 bridgehead atoms. The van der Waals surface area contributed by atoms with Crippen molar-refractivity contribution in [3.63, 3.8) is 0 Å². The summed E-state index contributed by atoms with van der Waals surface area (Å²) < 4.78 is 31.1. The Morgan fingerprint density at radius 3 is 1.66 bits per heavy atom. The van der Waals surface area contributed by atoms with Crippen molar-refractivity contribution in [3.8, 4) is 0 Å². The van der Waals surface area contributed by atoms with Crippen molar-refractivity contribution in [1.82, 2.24) is 5.32 Å². The molecule has 0 aromatic heterocycles. The Labute approximate surface area is 227 Å². The minimum atomic E-state index is -3.92. The fraction of sp³-hybridized carbons (Fsp3) is 0.406. The Morgan fingerprint density at radius 1 is 0.763 bits per heavy atom. The van der Waals surface area contributed by atoms with E-state index in [0.29, 0.717) is 19.3 Å². The van der Waals surface area contributed by atoms with Crippen LogP contribution < -0.4 is 5.32 Å². The van der Waals surface area contributed by atoms with Gasteiger partial charge in [0.1, 0.15) is 0 Å². The van der Waals surface area contributed by atoms with Gasteiger partial charge in [0.05, 0.1) is 23.0 Å². The zero-order valence-electron chi connectivity index (χ0n) is 23.6. The molecule has 0 unspecified atom stereocenters. The number of hydrogen-bond acceptors (Lipinski definition) is 4. The Balaban J connectivity index is 1.65. The van der Waals surface area contributed by atoms with E-state index in [0.717, 1.165) is 5.56 Å². The fourth-order valence-corrected chi connectivity index (χ4v) is 6.97. The summed E-state index contributed by atoms with van der Waals surface area (Å²) in [5.41, 5.74) is 9.73. The van der Waals surface area contributed by atoms with Crippen LogP contribution in [0.4, 0.5) is 0 Å². The van der Waals surface area contributed by atoms with E-state index in [2.05, 4.69) is 71.1 Å². The molecule has 1 atom stereocenters. The van der Waals surface area contributed by atoms with Crippen LogP contribution in [-0.4, -0.2) is 27.0 Å². The average Bonchev–Trinajstić information content (AvgIpc) is 3.13. The predicted molar refractivity (Wildman–Crippen MR) is 152 cm³/mol. The van der Waals surface area contributed by atoms with E-state index in [9.17, 15) is 13.2 Å². The van der Waals surface area contributed by atoms with Crippen LogP contribution in [0.5, 0.6) is 0 Å². The van der Waals surface area contributed by atoms with E-state index in [1.165, 1.54) is 44.5 Å². The lowest BCUT2D eigenvalue weighted by Crippen LogP contribution is -2.37. The quantitative estimate of drug-likeness (QED) is 0.365. The third-order valence-electron chi connectivity index (χ3n) is 7.90. The van der Waals surface area contributed by atoms with Gasteiger partial charge in [-0.25, -0.2) is 0 Å². The molecule has 1 aliphatic heterocycles.